The maximum absolute atomic E-state index is 12.5. The molecule has 1 heterocycles. The number of ether oxygens (including phenoxy) is 1. The number of morpholine rings is 1. The van der Waals surface area contributed by atoms with E-state index >= 15 is 0 Å². The number of nitrogens with one attached hydrogen (secondary N) is 1. The minimum absolute atomic E-state index is 0.0289. The minimum Gasteiger partial charge on any atom is -0.379 e. The highest BCUT2D eigenvalue weighted by atomic mass is 35.5. The van der Waals surface area contributed by atoms with Crippen LogP contribution in [0.5, 0.6) is 0 Å². The summed E-state index contributed by atoms with van der Waals surface area (Å²) in [6.45, 7) is 5.80. The average molecular weight is 407 g/mol. The first-order chi connectivity index (χ1) is 13.0. The lowest BCUT2D eigenvalue weighted by Crippen LogP contribution is -2.44. The number of rotatable bonds is 6. The van der Waals surface area contributed by atoms with Crippen molar-refractivity contribution in [1.29, 1.82) is 0 Å². The van der Waals surface area contributed by atoms with Crippen LogP contribution in [0.4, 0.5) is 0 Å². The molecule has 2 aromatic carbocycles. The fourth-order valence-electron chi connectivity index (χ4n) is 3.24. The smallest absolute Gasteiger partial charge is 0.224 e. The van der Waals surface area contributed by atoms with E-state index in [0.29, 0.717) is 16.6 Å². The van der Waals surface area contributed by atoms with Crippen molar-refractivity contribution in [2.75, 3.05) is 32.8 Å². The highest BCUT2D eigenvalue weighted by molar-refractivity contribution is 6.42. The number of benzene rings is 2. The SMILES string of the molecule is Cc1ccc(C(CNC(=O)Cc2ccc(Cl)c(Cl)c2)N2CCOCC2)cc1. The Labute approximate surface area is 170 Å². The lowest BCUT2D eigenvalue weighted by atomic mass is 10.0. The van der Waals surface area contributed by atoms with Gasteiger partial charge in [-0.1, -0.05) is 59.1 Å². The molecule has 144 valence electrons. The molecule has 1 atom stereocenters. The summed E-state index contributed by atoms with van der Waals surface area (Å²) in [6, 6.07) is 13.9. The first-order valence-electron chi connectivity index (χ1n) is 9.12. The van der Waals surface area contributed by atoms with Crippen molar-refractivity contribution < 1.29 is 9.53 Å². The minimum atomic E-state index is -0.0289. The number of amides is 1. The van der Waals surface area contributed by atoms with Gasteiger partial charge in [0.25, 0.3) is 0 Å². The van der Waals surface area contributed by atoms with Crippen LogP contribution >= 0.6 is 23.2 Å². The van der Waals surface area contributed by atoms with Crippen molar-refractivity contribution in [1.82, 2.24) is 10.2 Å². The standard InChI is InChI=1S/C21H24Cl2N2O2/c1-15-2-5-17(6-3-15)20(25-8-10-27-11-9-25)14-24-21(26)13-16-4-7-18(22)19(23)12-16/h2-7,12,20H,8-11,13-14H2,1H3,(H,24,26). The van der Waals surface area contributed by atoms with E-state index in [9.17, 15) is 4.79 Å². The van der Waals surface area contributed by atoms with E-state index in [-0.39, 0.29) is 18.4 Å². The van der Waals surface area contributed by atoms with Crippen LogP contribution in [0.15, 0.2) is 42.5 Å². The van der Waals surface area contributed by atoms with Crippen molar-refractivity contribution in [3.63, 3.8) is 0 Å². The topological polar surface area (TPSA) is 41.6 Å². The third-order valence-corrected chi connectivity index (χ3v) is 5.53. The molecule has 0 bridgehead atoms. The Kier molecular flexibility index (Phi) is 7.13. The number of nitrogens with zero attached hydrogens (tertiary/aromatic N) is 1. The predicted octanol–water partition coefficient (Wildman–Crippen LogP) is 4.03. The molecule has 1 saturated heterocycles. The zero-order valence-electron chi connectivity index (χ0n) is 15.4. The average Bonchev–Trinajstić information content (AvgIpc) is 2.67. The van der Waals surface area contributed by atoms with Crippen molar-refractivity contribution in [3.05, 3.63) is 69.2 Å². The van der Waals surface area contributed by atoms with Gasteiger partial charge in [-0.05, 0) is 30.2 Å². The van der Waals surface area contributed by atoms with Crippen LogP contribution in [0.3, 0.4) is 0 Å². The Morgan fingerprint density at radius 3 is 2.48 bits per heavy atom. The van der Waals surface area contributed by atoms with Gasteiger partial charge in [0.15, 0.2) is 0 Å². The zero-order chi connectivity index (χ0) is 19.2. The first kappa shape index (κ1) is 20.2. The molecule has 0 saturated carbocycles. The third-order valence-electron chi connectivity index (χ3n) is 4.79. The van der Waals surface area contributed by atoms with Crippen molar-refractivity contribution in [2.45, 2.75) is 19.4 Å². The molecular weight excluding hydrogens is 383 g/mol. The Morgan fingerprint density at radius 2 is 1.81 bits per heavy atom. The van der Waals surface area contributed by atoms with Crippen LogP contribution < -0.4 is 5.32 Å². The van der Waals surface area contributed by atoms with Gasteiger partial charge in [0.1, 0.15) is 0 Å². The van der Waals surface area contributed by atoms with Gasteiger partial charge in [0, 0.05) is 19.6 Å². The summed E-state index contributed by atoms with van der Waals surface area (Å²) in [5, 5.41) is 4.04. The molecule has 1 unspecified atom stereocenters. The van der Waals surface area contributed by atoms with Gasteiger partial charge in [-0.2, -0.15) is 0 Å². The van der Waals surface area contributed by atoms with E-state index in [1.807, 2.05) is 6.07 Å². The molecule has 6 heteroatoms. The van der Waals surface area contributed by atoms with Gasteiger partial charge < -0.3 is 10.1 Å². The molecular formula is C21H24Cl2N2O2. The van der Waals surface area contributed by atoms with Crippen LogP contribution in [0.1, 0.15) is 22.7 Å². The maximum atomic E-state index is 12.5. The van der Waals surface area contributed by atoms with Crippen LogP contribution in [0.25, 0.3) is 0 Å². The molecule has 0 aliphatic carbocycles. The molecule has 4 nitrogen and oxygen atoms in total. The number of hydrogen-bond acceptors (Lipinski definition) is 3. The van der Waals surface area contributed by atoms with E-state index in [1.54, 1.807) is 12.1 Å². The van der Waals surface area contributed by atoms with Crippen LogP contribution in [-0.2, 0) is 16.0 Å². The third kappa shape index (κ3) is 5.69. The molecule has 1 N–H and O–H groups in total. The molecule has 0 spiro atoms. The molecule has 0 radical (unpaired) electrons. The Hall–Kier alpha value is -1.59. The maximum Gasteiger partial charge on any atom is 0.224 e. The van der Waals surface area contributed by atoms with Crippen LogP contribution in [0, 0.1) is 6.92 Å². The fourth-order valence-corrected chi connectivity index (χ4v) is 3.56. The van der Waals surface area contributed by atoms with E-state index in [0.717, 1.165) is 31.9 Å². The quantitative estimate of drug-likeness (QED) is 0.786. The molecule has 3 rings (SSSR count). The van der Waals surface area contributed by atoms with Gasteiger partial charge in [0.2, 0.25) is 5.91 Å². The Morgan fingerprint density at radius 1 is 1.11 bits per heavy atom. The highest BCUT2D eigenvalue weighted by Gasteiger charge is 2.23. The Balaban J connectivity index is 1.65. The number of carbonyl (C=O) groups excluding carboxylic acids is 1. The molecule has 27 heavy (non-hydrogen) atoms. The second kappa shape index (κ2) is 9.56. The summed E-state index contributed by atoms with van der Waals surface area (Å²) < 4.78 is 5.48. The number of carbonyl (C=O) groups is 1. The van der Waals surface area contributed by atoms with E-state index in [2.05, 4.69) is 41.4 Å². The molecule has 1 amide bonds. The van der Waals surface area contributed by atoms with Gasteiger partial charge in [-0.15, -0.1) is 0 Å². The summed E-state index contributed by atoms with van der Waals surface area (Å²) >= 11 is 12.0. The summed E-state index contributed by atoms with van der Waals surface area (Å²) in [4.78, 5) is 14.8. The number of aryl methyl sites for hydroxylation is 1. The molecule has 1 fully saturated rings. The fraction of sp³-hybridized carbons (Fsp3) is 0.381. The lowest BCUT2D eigenvalue weighted by Gasteiger charge is -2.35. The first-order valence-corrected chi connectivity index (χ1v) is 9.87. The number of halogens is 2. The van der Waals surface area contributed by atoms with Gasteiger partial charge >= 0.3 is 0 Å². The second-order valence-corrected chi connectivity index (χ2v) is 7.62. The predicted molar refractivity (Wildman–Crippen MR) is 109 cm³/mol. The summed E-state index contributed by atoms with van der Waals surface area (Å²) in [5.74, 6) is -0.0289. The monoisotopic (exact) mass is 406 g/mol. The van der Waals surface area contributed by atoms with E-state index in [1.165, 1.54) is 11.1 Å². The summed E-state index contributed by atoms with van der Waals surface area (Å²) in [6.07, 6.45) is 0.278. The summed E-state index contributed by atoms with van der Waals surface area (Å²) in [5.41, 5.74) is 3.28. The molecule has 1 aliphatic rings. The molecule has 0 aromatic heterocycles. The van der Waals surface area contributed by atoms with Gasteiger partial charge in [-0.3, -0.25) is 9.69 Å². The number of hydrogen-bond donors (Lipinski definition) is 1. The molecule has 1 aliphatic heterocycles. The van der Waals surface area contributed by atoms with Crippen molar-refractivity contribution in [2.24, 2.45) is 0 Å². The Bertz CT molecular complexity index is 774. The van der Waals surface area contributed by atoms with Crippen molar-refractivity contribution >= 4 is 29.1 Å². The second-order valence-electron chi connectivity index (χ2n) is 6.80. The zero-order valence-corrected chi connectivity index (χ0v) is 16.9. The highest BCUT2D eigenvalue weighted by Crippen LogP contribution is 2.24. The van der Waals surface area contributed by atoms with Crippen LogP contribution in [-0.4, -0.2) is 43.7 Å². The van der Waals surface area contributed by atoms with Gasteiger partial charge in [-0.25, -0.2) is 0 Å². The largest absolute Gasteiger partial charge is 0.379 e. The normalized spacial score (nSPS) is 16.1. The molecule has 2 aromatic rings. The van der Waals surface area contributed by atoms with Crippen LogP contribution in [0.2, 0.25) is 10.0 Å². The van der Waals surface area contributed by atoms with E-state index < -0.39 is 0 Å². The summed E-state index contributed by atoms with van der Waals surface area (Å²) in [7, 11) is 0. The van der Waals surface area contributed by atoms with Crippen molar-refractivity contribution in [3.8, 4) is 0 Å². The van der Waals surface area contributed by atoms with Gasteiger partial charge in [0.05, 0.1) is 35.7 Å². The lowest BCUT2D eigenvalue weighted by molar-refractivity contribution is -0.120. The van der Waals surface area contributed by atoms with E-state index in [4.69, 9.17) is 27.9 Å².